The summed E-state index contributed by atoms with van der Waals surface area (Å²) < 4.78 is 12.0. The SMILES string of the molecule is c1ccc(COC2CCN(Cc3ccc(C4CCNN4)o3)CC2)nc1. The number of hydrogen-bond donors (Lipinski definition) is 2. The van der Waals surface area contributed by atoms with Crippen LogP contribution in [0.5, 0.6) is 0 Å². The molecule has 2 saturated heterocycles. The number of nitrogens with zero attached hydrogens (tertiary/aromatic N) is 2. The predicted octanol–water partition coefficient (Wildman–Crippen LogP) is 2.39. The largest absolute Gasteiger partial charge is 0.463 e. The number of furan rings is 1. The Hall–Kier alpha value is -1.73. The van der Waals surface area contributed by atoms with E-state index in [0.29, 0.717) is 18.8 Å². The minimum Gasteiger partial charge on any atom is -0.463 e. The summed E-state index contributed by atoms with van der Waals surface area (Å²) in [5, 5.41) is 0. The molecule has 25 heavy (non-hydrogen) atoms. The van der Waals surface area contributed by atoms with Gasteiger partial charge in [-0.1, -0.05) is 6.07 Å². The first-order valence-corrected chi connectivity index (χ1v) is 9.18. The van der Waals surface area contributed by atoms with Crippen LogP contribution in [-0.2, 0) is 17.9 Å². The predicted molar refractivity (Wildman–Crippen MR) is 94.5 cm³/mol. The highest BCUT2D eigenvalue weighted by atomic mass is 16.5. The van der Waals surface area contributed by atoms with Gasteiger partial charge in [0.25, 0.3) is 0 Å². The van der Waals surface area contributed by atoms with Crippen molar-refractivity contribution >= 4 is 0 Å². The van der Waals surface area contributed by atoms with Crippen molar-refractivity contribution in [1.82, 2.24) is 20.7 Å². The first-order chi connectivity index (χ1) is 12.4. The molecular weight excluding hydrogens is 316 g/mol. The average Bonchev–Trinajstić information content (AvgIpc) is 3.34. The molecule has 2 N–H and O–H groups in total. The molecule has 2 aromatic heterocycles. The van der Waals surface area contributed by atoms with Gasteiger partial charge in [-0.05, 0) is 43.5 Å². The molecule has 1 unspecified atom stereocenters. The molecule has 2 aliphatic rings. The van der Waals surface area contributed by atoms with Gasteiger partial charge in [0, 0.05) is 25.8 Å². The van der Waals surface area contributed by atoms with Crippen LogP contribution in [0.1, 0.15) is 42.5 Å². The summed E-state index contributed by atoms with van der Waals surface area (Å²) in [6, 6.07) is 10.5. The van der Waals surface area contributed by atoms with Crippen molar-refractivity contribution in [2.45, 2.75) is 44.6 Å². The lowest BCUT2D eigenvalue weighted by atomic mass is 10.1. The second-order valence-electron chi connectivity index (χ2n) is 6.82. The Balaban J connectivity index is 1.21. The number of likely N-dealkylation sites (tertiary alicyclic amines) is 1. The van der Waals surface area contributed by atoms with Crippen LogP contribution in [0.15, 0.2) is 40.9 Å². The van der Waals surface area contributed by atoms with E-state index in [1.807, 2.05) is 24.4 Å². The van der Waals surface area contributed by atoms with Gasteiger partial charge in [-0.3, -0.25) is 15.3 Å². The number of hydrazine groups is 1. The van der Waals surface area contributed by atoms with E-state index < -0.39 is 0 Å². The lowest BCUT2D eigenvalue weighted by Gasteiger charge is -2.31. The maximum absolute atomic E-state index is 6.02. The Morgan fingerprint density at radius 2 is 2.08 bits per heavy atom. The Morgan fingerprint density at radius 3 is 2.84 bits per heavy atom. The van der Waals surface area contributed by atoms with Crippen molar-refractivity contribution < 1.29 is 9.15 Å². The molecule has 0 amide bonds. The fourth-order valence-corrected chi connectivity index (χ4v) is 3.51. The van der Waals surface area contributed by atoms with Gasteiger partial charge in [0.1, 0.15) is 11.5 Å². The molecule has 0 radical (unpaired) electrons. The van der Waals surface area contributed by atoms with Crippen LogP contribution in [0.3, 0.4) is 0 Å². The highest BCUT2D eigenvalue weighted by Crippen LogP contribution is 2.23. The zero-order valence-corrected chi connectivity index (χ0v) is 14.5. The second kappa shape index (κ2) is 8.10. The number of pyridine rings is 1. The molecule has 2 aromatic rings. The molecule has 6 nitrogen and oxygen atoms in total. The molecule has 0 saturated carbocycles. The zero-order valence-electron chi connectivity index (χ0n) is 14.5. The third kappa shape index (κ3) is 4.46. The van der Waals surface area contributed by atoms with Gasteiger partial charge >= 0.3 is 0 Å². The summed E-state index contributed by atoms with van der Waals surface area (Å²) in [6.07, 6.45) is 5.35. The molecule has 0 bridgehead atoms. The summed E-state index contributed by atoms with van der Waals surface area (Å²) >= 11 is 0. The van der Waals surface area contributed by atoms with E-state index in [-0.39, 0.29) is 0 Å². The Kier molecular flexibility index (Phi) is 5.42. The van der Waals surface area contributed by atoms with Gasteiger partial charge in [0.15, 0.2) is 0 Å². The monoisotopic (exact) mass is 342 g/mol. The second-order valence-corrected chi connectivity index (χ2v) is 6.82. The quantitative estimate of drug-likeness (QED) is 0.840. The van der Waals surface area contributed by atoms with Crippen LogP contribution in [0.4, 0.5) is 0 Å². The highest BCUT2D eigenvalue weighted by molar-refractivity contribution is 5.11. The summed E-state index contributed by atoms with van der Waals surface area (Å²) in [7, 11) is 0. The summed E-state index contributed by atoms with van der Waals surface area (Å²) in [5.74, 6) is 2.09. The standard InChI is InChI=1S/C19H26N4O2/c1-2-9-20-15(3-1)14-24-16-7-11-23(12-8-16)13-17-4-5-19(25-17)18-6-10-21-22-18/h1-5,9,16,18,21-22H,6-8,10-14H2. The lowest BCUT2D eigenvalue weighted by Crippen LogP contribution is -2.36. The fraction of sp³-hybridized carbons (Fsp3) is 0.526. The van der Waals surface area contributed by atoms with E-state index in [1.54, 1.807) is 0 Å². The average molecular weight is 342 g/mol. The maximum Gasteiger partial charge on any atom is 0.122 e. The van der Waals surface area contributed by atoms with Gasteiger partial charge in [-0.15, -0.1) is 0 Å². The van der Waals surface area contributed by atoms with Crippen LogP contribution in [0.25, 0.3) is 0 Å². The van der Waals surface area contributed by atoms with E-state index in [9.17, 15) is 0 Å². The van der Waals surface area contributed by atoms with Gasteiger partial charge in [-0.2, -0.15) is 0 Å². The first-order valence-electron chi connectivity index (χ1n) is 9.18. The fourth-order valence-electron chi connectivity index (χ4n) is 3.51. The molecule has 0 aliphatic carbocycles. The minimum absolute atomic E-state index is 0.305. The molecule has 6 heteroatoms. The van der Waals surface area contributed by atoms with Crippen LogP contribution >= 0.6 is 0 Å². The topological polar surface area (TPSA) is 62.6 Å². The van der Waals surface area contributed by atoms with E-state index >= 15 is 0 Å². The molecule has 2 fully saturated rings. The molecule has 1 atom stereocenters. The summed E-state index contributed by atoms with van der Waals surface area (Å²) in [6.45, 7) is 4.58. The Bertz CT molecular complexity index is 646. The van der Waals surface area contributed by atoms with E-state index in [4.69, 9.17) is 9.15 Å². The lowest BCUT2D eigenvalue weighted by molar-refractivity contribution is -0.00632. The van der Waals surface area contributed by atoms with Crippen molar-refractivity contribution in [3.05, 3.63) is 53.7 Å². The van der Waals surface area contributed by atoms with E-state index in [0.717, 1.165) is 62.7 Å². The van der Waals surface area contributed by atoms with E-state index in [2.05, 4.69) is 32.9 Å². The Labute approximate surface area is 148 Å². The molecule has 0 spiro atoms. The molecule has 2 aliphatic heterocycles. The number of ether oxygens (including phenoxy) is 1. The van der Waals surface area contributed by atoms with Crippen molar-refractivity contribution in [1.29, 1.82) is 0 Å². The summed E-state index contributed by atoms with van der Waals surface area (Å²) in [4.78, 5) is 6.76. The van der Waals surface area contributed by atoms with Gasteiger partial charge in [0.05, 0.1) is 31.0 Å². The van der Waals surface area contributed by atoms with Crippen molar-refractivity contribution in [3.63, 3.8) is 0 Å². The molecular formula is C19H26N4O2. The number of hydrogen-bond acceptors (Lipinski definition) is 6. The normalized spacial score (nSPS) is 22.5. The minimum atomic E-state index is 0.305. The third-order valence-corrected chi connectivity index (χ3v) is 4.97. The Morgan fingerprint density at radius 1 is 1.16 bits per heavy atom. The van der Waals surface area contributed by atoms with Crippen molar-refractivity contribution in [3.8, 4) is 0 Å². The van der Waals surface area contributed by atoms with Crippen LogP contribution in [0, 0.1) is 0 Å². The zero-order chi connectivity index (χ0) is 16.9. The smallest absolute Gasteiger partial charge is 0.122 e. The summed E-state index contributed by atoms with van der Waals surface area (Å²) in [5.41, 5.74) is 7.40. The number of rotatable bonds is 6. The van der Waals surface area contributed by atoms with Gasteiger partial charge < -0.3 is 9.15 Å². The molecule has 0 aromatic carbocycles. The maximum atomic E-state index is 6.02. The van der Waals surface area contributed by atoms with E-state index in [1.165, 1.54) is 0 Å². The first kappa shape index (κ1) is 16.7. The van der Waals surface area contributed by atoms with Crippen molar-refractivity contribution in [2.24, 2.45) is 0 Å². The molecule has 4 rings (SSSR count). The van der Waals surface area contributed by atoms with Crippen LogP contribution in [-0.4, -0.2) is 35.6 Å². The highest BCUT2D eigenvalue weighted by Gasteiger charge is 2.22. The molecule has 134 valence electrons. The van der Waals surface area contributed by atoms with Gasteiger partial charge in [-0.25, -0.2) is 5.43 Å². The van der Waals surface area contributed by atoms with Crippen LogP contribution < -0.4 is 10.9 Å². The van der Waals surface area contributed by atoms with Crippen molar-refractivity contribution in [2.75, 3.05) is 19.6 Å². The number of piperidine rings is 1. The number of nitrogens with one attached hydrogen (secondary N) is 2. The van der Waals surface area contributed by atoms with Crippen LogP contribution in [0.2, 0.25) is 0 Å². The molecule has 4 heterocycles. The number of aromatic nitrogens is 1. The third-order valence-electron chi connectivity index (χ3n) is 4.97. The van der Waals surface area contributed by atoms with Gasteiger partial charge in [0.2, 0.25) is 0 Å².